The smallest absolute Gasteiger partial charge is 0.326 e. The Morgan fingerprint density at radius 1 is 0.744 bits per heavy atom. The molecule has 8 N–H and O–H groups in total. The van der Waals surface area contributed by atoms with Crippen LogP contribution in [-0.4, -0.2) is 74.9 Å². The van der Waals surface area contributed by atoms with E-state index in [-0.39, 0.29) is 30.8 Å². The molecular weight excluding hydrogens is 528 g/mol. The van der Waals surface area contributed by atoms with Crippen LogP contribution in [0.3, 0.4) is 0 Å². The summed E-state index contributed by atoms with van der Waals surface area (Å²) in [5.74, 6) is -5.11. The van der Waals surface area contributed by atoms with Crippen LogP contribution in [0.2, 0.25) is 0 Å². The number of carbonyl (C=O) groups is 5. The molecule has 0 heterocycles. The van der Waals surface area contributed by atoms with E-state index in [1.54, 1.807) is 24.3 Å². The van der Waals surface area contributed by atoms with Gasteiger partial charge in [-0.25, -0.2) is 4.79 Å². The van der Waals surface area contributed by atoms with Crippen molar-refractivity contribution in [3.63, 3.8) is 0 Å². The lowest BCUT2D eigenvalue weighted by atomic mass is 10.0. The number of benzene rings is 2. The van der Waals surface area contributed by atoms with Crippen LogP contribution in [0, 0.1) is 0 Å². The molecule has 0 radical (unpaired) electrons. The summed E-state index contributed by atoms with van der Waals surface area (Å²) in [6.45, 7) is 0. The van der Waals surface area contributed by atoms with E-state index in [0.717, 1.165) is 5.56 Å². The van der Waals surface area contributed by atoms with Gasteiger partial charge in [0.25, 0.3) is 0 Å². The van der Waals surface area contributed by atoms with Crippen LogP contribution in [0.1, 0.15) is 24.0 Å². The summed E-state index contributed by atoms with van der Waals surface area (Å²) in [5, 5.41) is 35.0. The molecule has 13 heteroatoms. The molecule has 39 heavy (non-hydrogen) atoms. The molecule has 2 aromatic rings. The summed E-state index contributed by atoms with van der Waals surface area (Å²) >= 11 is 4.07. The highest BCUT2D eigenvalue weighted by molar-refractivity contribution is 7.80. The molecule has 0 bridgehead atoms. The molecule has 0 aliphatic heterocycles. The minimum atomic E-state index is -1.49. The largest absolute Gasteiger partial charge is 0.508 e. The van der Waals surface area contributed by atoms with Crippen molar-refractivity contribution in [1.82, 2.24) is 16.0 Å². The quantitative estimate of drug-likeness (QED) is 0.136. The standard InChI is InChI=1S/C26H32N4O8S/c27-18(12-15-4-2-1-3-5-15)23(34)29-20(13-16-6-8-17(31)9-7-16)24(35)30-21(14-39)25(36)28-19(26(37)38)10-11-22(32)33/h1-9,18-21,31,39H,10-14,27H2,(H,28,36)(H,29,34)(H,30,35)(H,32,33)(H,37,38). The highest BCUT2D eigenvalue weighted by Gasteiger charge is 2.30. The molecule has 0 saturated carbocycles. The summed E-state index contributed by atoms with van der Waals surface area (Å²) in [5.41, 5.74) is 7.48. The molecule has 210 valence electrons. The summed E-state index contributed by atoms with van der Waals surface area (Å²) in [6, 6.07) is 10.1. The molecular formula is C26H32N4O8S. The van der Waals surface area contributed by atoms with Crippen LogP contribution in [0.25, 0.3) is 0 Å². The molecule has 0 fully saturated rings. The van der Waals surface area contributed by atoms with E-state index in [1.807, 2.05) is 18.2 Å². The monoisotopic (exact) mass is 560 g/mol. The molecule has 0 aliphatic rings. The number of thiol groups is 1. The first kappa shape index (κ1) is 31.1. The maximum atomic E-state index is 13.2. The molecule has 12 nitrogen and oxygen atoms in total. The Morgan fingerprint density at radius 3 is 1.85 bits per heavy atom. The van der Waals surface area contributed by atoms with Crippen molar-refractivity contribution in [2.24, 2.45) is 5.73 Å². The molecule has 0 aromatic heterocycles. The highest BCUT2D eigenvalue weighted by atomic mass is 32.1. The topological polar surface area (TPSA) is 208 Å². The van der Waals surface area contributed by atoms with E-state index < -0.39 is 60.2 Å². The van der Waals surface area contributed by atoms with Gasteiger partial charge in [0.2, 0.25) is 17.7 Å². The van der Waals surface area contributed by atoms with Gasteiger partial charge in [-0.3, -0.25) is 19.2 Å². The van der Waals surface area contributed by atoms with Gasteiger partial charge in [0.15, 0.2) is 0 Å². The van der Waals surface area contributed by atoms with Crippen LogP contribution in [-0.2, 0) is 36.8 Å². The van der Waals surface area contributed by atoms with E-state index >= 15 is 0 Å². The number of aromatic hydroxyl groups is 1. The van der Waals surface area contributed by atoms with Gasteiger partial charge in [-0.2, -0.15) is 12.6 Å². The molecule has 4 atom stereocenters. The Kier molecular flexibility index (Phi) is 12.2. The number of carboxylic acids is 2. The summed E-state index contributed by atoms with van der Waals surface area (Å²) in [7, 11) is 0. The Hall–Kier alpha value is -4.10. The Balaban J connectivity index is 2.15. The second-order valence-corrected chi connectivity index (χ2v) is 9.17. The number of hydrogen-bond donors (Lipinski definition) is 8. The maximum Gasteiger partial charge on any atom is 0.326 e. The number of aliphatic carboxylic acids is 2. The van der Waals surface area contributed by atoms with Crippen molar-refractivity contribution in [2.75, 3.05) is 5.75 Å². The zero-order valence-electron chi connectivity index (χ0n) is 20.9. The number of rotatable bonds is 15. The average Bonchev–Trinajstić information content (AvgIpc) is 2.90. The molecule has 0 aliphatic carbocycles. The Bertz CT molecular complexity index is 1150. The number of phenols is 1. The Morgan fingerprint density at radius 2 is 1.28 bits per heavy atom. The van der Waals surface area contributed by atoms with Crippen molar-refractivity contribution >= 4 is 42.3 Å². The number of hydrogen-bond acceptors (Lipinski definition) is 8. The molecule has 2 aromatic carbocycles. The summed E-state index contributed by atoms with van der Waals surface area (Å²) in [6.07, 6.45) is -0.635. The number of nitrogens with two attached hydrogens (primary N) is 1. The molecule has 0 spiro atoms. The van der Waals surface area contributed by atoms with Gasteiger partial charge in [-0.05, 0) is 36.1 Å². The third kappa shape index (κ3) is 10.7. The van der Waals surface area contributed by atoms with Crippen LogP contribution < -0.4 is 21.7 Å². The van der Waals surface area contributed by atoms with Crippen LogP contribution >= 0.6 is 12.6 Å². The first-order valence-corrected chi connectivity index (χ1v) is 12.7. The number of carbonyl (C=O) groups excluding carboxylic acids is 3. The van der Waals surface area contributed by atoms with Gasteiger partial charge in [0.05, 0.1) is 6.04 Å². The van der Waals surface area contributed by atoms with Crippen molar-refractivity contribution in [2.45, 2.75) is 49.9 Å². The molecule has 4 unspecified atom stereocenters. The van der Waals surface area contributed by atoms with Gasteiger partial charge in [-0.15, -0.1) is 0 Å². The number of nitrogens with one attached hydrogen (secondary N) is 3. The third-order valence-electron chi connectivity index (χ3n) is 5.72. The van der Waals surface area contributed by atoms with Crippen molar-refractivity contribution in [3.05, 3.63) is 65.7 Å². The SMILES string of the molecule is NC(Cc1ccccc1)C(=O)NC(Cc1ccc(O)cc1)C(=O)NC(CS)C(=O)NC(CCC(=O)O)C(=O)O. The summed E-state index contributed by atoms with van der Waals surface area (Å²) < 4.78 is 0. The lowest BCUT2D eigenvalue weighted by Crippen LogP contribution is -2.58. The van der Waals surface area contributed by atoms with E-state index in [9.17, 15) is 34.2 Å². The van der Waals surface area contributed by atoms with Crippen LogP contribution in [0.4, 0.5) is 0 Å². The predicted octanol–water partition coefficient (Wildman–Crippen LogP) is -0.162. The van der Waals surface area contributed by atoms with Crippen LogP contribution in [0.15, 0.2) is 54.6 Å². The maximum absolute atomic E-state index is 13.2. The number of phenolic OH excluding ortho intramolecular Hbond substituents is 1. The first-order chi connectivity index (χ1) is 18.5. The fourth-order valence-corrected chi connectivity index (χ4v) is 3.84. The minimum absolute atomic E-state index is 0.00676. The van der Waals surface area contributed by atoms with E-state index in [1.165, 1.54) is 12.1 Å². The second-order valence-electron chi connectivity index (χ2n) is 8.80. The van der Waals surface area contributed by atoms with Gasteiger partial charge >= 0.3 is 11.9 Å². The Labute approximate surface area is 230 Å². The normalized spacial score (nSPS) is 13.8. The number of carboxylic acid groups (broad SMARTS) is 2. The van der Waals surface area contributed by atoms with Gasteiger partial charge in [-0.1, -0.05) is 42.5 Å². The molecule has 0 saturated heterocycles. The molecule has 2 rings (SSSR count). The number of amides is 3. The fraction of sp³-hybridized carbons (Fsp3) is 0.346. The zero-order valence-corrected chi connectivity index (χ0v) is 21.8. The fourth-order valence-electron chi connectivity index (χ4n) is 3.58. The van der Waals surface area contributed by atoms with Crippen molar-refractivity contribution in [3.8, 4) is 5.75 Å². The van der Waals surface area contributed by atoms with Gasteiger partial charge in [0.1, 0.15) is 23.9 Å². The lowest BCUT2D eigenvalue weighted by Gasteiger charge is -2.24. The van der Waals surface area contributed by atoms with Crippen LogP contribution in [0.5, 0.6) is 5.75 Å². The van der Waals surface area contributed by atoms with Crippen molar-refractivity contribution in [1.29, 1.82) is 0 Å². The van der Waals surface area contributed by atoms with E-state index in [0.29, 0.717) is 5.56 Å². The lowest BCUT2D eigenvalue weighted by molar-refractivity contribution is -0.143. The average molecular weight is 561 g/mol. The first-order valence-electron chi connectivity index (χ1n) is 12.0. The predicted molar refractivity (Wildman–Crippen MR) is 144 cm³/mol. The minimum Gasteiger partial charge on any atom is -0.508 e. The zero-order chi connectivity index (χ0) is 28.9. The molecule has 3 amide bonds. The highest BCUT2D eigenvalue weighted by Crippen LogP contribution is 2.12. The van der Waals surface area contributed by atoms with Gasteiger partial charge in [0, 0.05) is 18.6 Å². The third-order valence-corrected chi connectivity index (χ3v) is 6.09. The van der Waals surface area contributed by atoms with Gasteiger partial charge < -0.3 is 37.0 Å². The van der Waals surface area contributed by atoms with Crippen molar-refractivity contribution < 1.29 is 39.3 Å². The van der Waals surface area contributed by atoms with E-state index in [4.69, 9.17) is 10.8 Å². The summed E-state index contributed by atoms with van der Waals surface area (Å²) in [4.78, 5) is 61.0. The second kappa shape index (κ2) is 15.3. The van der Waals surface area contributed by atoms with E-state index in [2.05, 4.69) is 28.6 Å².